The normalized spacial score (nSPS) is 21.8. The molecule has 2 aromatic heterocycles. The summed E-state index contributed by atoms with van der Waals surface area (Å²) in [5.41, 5.74) is 6.30. The summed E-state index contributed by atoms with van der Waals surface area (Å²) in [5.74, 6) is 0.256. The lowest BCUT2D eigenvalue weighted by Gasteiger charge is -2.26. The number of hydrogen-bond acceptors (Lipinski definition) is 8. The first-order valence-electron chi connectivity index (χ1n) is 11.1. The van der Waals surface area contributed by atoms with Crippen molar-refractivity contribution >= 4 is 17.6 Å². The number of anilines is 1. The number of halogens is 1. The first-order chi connectivity index (χ1) is 16.3. The Bertz CT molecular complexity index is 1220. The van der Waals surface area contributed by atoms with E-state index >= 15 is 0 Å². The van der Waals surface area contributed by atoms with Gasteiger partial charge >= 0.3 is 6.09 Å². The molecule has 11 heteroatoms. The van der Waals surface area contributed by atoms with Crippen LogP contribution in [-0.4, -0.2) is 52.3 Å². The number of nitrogens with zero attached hydrogens (tertiary/aromatic N) is 4. The second kappa shape index (κ2) is 8.73. The van der Waals surface area contributed by atoms with E-state index in [2.05, 4.69) is 15.0 Å². The summed E-state index contributed by atoms with van der Waals surface area (Å²) >= 11 is 0. The van der Waals surface area contributed by atoms with Gasteiger partial charge in [0, 0.05) is 18.8 Å². The van der Waals surface area contributed by atoms with Gasteiger partial charge < -0.3 is 29.6 Å². The van der Waals surface area contributed by atoms with Crippen molar-refractivity contribution in [1.29, 1.82) is 0 Å². The molecule has 180 valence electrons. The van der Waals surface area contributed by atoms with Crippen molar-refractivity contribution in [2.45, 2.75) is 44.6 Å². The maximum atomic E-state index is 14.5. The quantitative estimate of drug-likeness (QED) is 0.583. The number of fused-ring (bicyclic) bond motifs is 1. The van der Waals surface area contributed by atoms with E-state index in [-0.39, 0.29) is 30.3 Å². The van der Waals surface area contributed by atoms with Crippen LogP contribution in [0.25, 0.3) is 5.65 Å². The molecule has 3 aromatic rings. The molecule has 5 rings (SSSR count). The maximum absolute atomic E-state index is 14.5. The Hall–Kier alpha value is -3.44. The standard InChI is InChI=1S/C23H26FN5O5/c1-23(2)32-13-17(34-23)12-31-16-9-14(8-15(24)10-16)18-4-3-6-28(18)20-5-7-29-21(27-20)19(11-26-29)33-22(25)30/h5,7-11,17-18H,3-4,6,12-13H2,1-2H3,(H2,25,30)/t17?,18-/m1/s1. The molecule has 1 amide bonds. The zero-order valence-electron chi connectivity index (χ0n) is 18.9. The van der Waals surface area contributed by atoms with Crippen LogP contribution in [0.15, 0.2) is 36.7 Å². The lowest BCUT2D eigenvalue weighted by atomic mass is 10.0. The molecule has 2 aliphatic heterocycles. The van der Waals surface area contributed by atoms with Crippen LogP contribution in [-0.2, 0) is 9.47 Å². The summed E-state index contributed by atoms with van der Waals surface area (Å²) in [4.78, 5) is 17.9. The maximum Gasteiger partial charge on any atom is 0.410 e. The molecule has 2 aliphatic rings. The predicted molar refractivity (Wildman–Crippen MR) is 119 cm³/mol. The Morgan fingerprint density at radius 2 is 2.21 bits per heavy atom. The third kappa shape index (κ3) is 4.62. The van der Waals surface area contributed by atoms with Gasteiger partial charge in [-0.1, -0.05) is 0 Å². The van der Waals surface area contributed by atoms with Gasteiger partial charge in [0.2, 0.25) is 5.65 Å². The molecular formula is C23H26FN5O5. The molecule has 1 unspecified atom stereocenters. The number of carbonyl (C=O) groups is 1. The van der Waals surface area contributed by atoms with Crippen molar-refractivity contribution in [2.75, 3.05) is 24.7 Å². The Kier molecular flexibility index (Phi) is 5.74. The number of rotatable bonds is 6. The minimum Gasteiger partial charge on any atom is -0.491 e. The van der Waals surface area contributed by atoms with Gasteiger partial charge in [0.1, 0.15) is 30.1 Å². The zero-order chi connectivity index (χ0) is 23.9. The molecule has 2 saturated heterocycles. The molecule has 2 fully saturated rings. The third-order valence-corrected chi connectivity index (χ3v) is 5.86. The predicted octanol–water partition coefficient (Wildman–Crippen LogP) is 3.20. The molecule has 2 atom stereocenters. The number of benzene rings is 1. The number of primary amides is 1. The summed E-state index contributed by atoms with van der Waals surface area (Å²) in [6.07, 6.45) is 3.70. The van der Waals surface area contributed by atoms with E-state index < -0.39 is 11.9 Å². The first kappa shape index (κ1) is 22.4. The van der Waals surface area contributed by atoms with Crippen LogP contribution in [0.1, 0.15) is 38.3 Å². The van der Waals surface area contributed by atoms with Crippen molar-refractivity contribution in [3.05, 3.63) is 48.0 Å². The van der Waals surface area contributed by atoms with Gasteiger partial charge in [-0.25, -0.2) is 18.7 Å². The van der Waals surface area contributed by atoms with Gasteiger partial charge in [-0.05, 0) is 50.5 Å². The second-order valence-corrected chi connectivity index (χ2v) is 8.82. The number of ether oxygens (including phenoxy) is 4. The Morgan fingerprint density at radius 1 is 1.35 bits per heavy atom. The highest BCUT2D eigenvalue weighted by atomic mass is 19.1. The zero-order valence-corrected chi connectivity index (χ0v) is 18.9. The van der Waals surface area contributed by atoms with Gasteiger partial charge in [-0.2, -0.15) is 5.10 Å². The van der Waals surface area contributed by atoms with Crippen LogP contribution in [0, 0.1) is 5.82 Å². The van der Waals surface area contributed by atoms with Gasteiger partial charge in [-0.3, -0.25) is 0 Å². The number of amides is 1. The molecule has 0 aliphatic carbocycles. The van der Waals surface area contributed by atoms with Crippen LogP contribution < -0.4 is 20.1 Å². The lowest BCUT2D eigenvalue weighted by molar-refractivity contribution is -0.141. The van der Waals surface area contributed by atoms with Gasteiger partial charge in [0.25, 0.3) is 0 Å². The molecule has 0 bridgehead atoms. The van der Waals surface area contributed by atoms with Crippen molar-refractivity contribution in [1.82, 2.24) is 14.6 Å². The number of aromatic nitrogens is 3. The second-order valence-electron chi connectivity index (χ2n) is 8.82. The van der Waals surface area contributed by atoms with Gasteiger partial charge in [-0.15, -0.1) is 0 Å². The van der Waals surface area contributed by atoms with E-state index in [0.717, 1.165) is 24.9 Å². The van der Waals surface area contributed by atoms with Crippen LogP contribution in [0.4, 0.5) is 15.0 Å². The van der Waals surface area contributed by atoms with Crippen LogP contribution in [0.5, 0.6) is 11.5 Å². The van der Waals surface area contributed by atoms with E-state index in [1.807, 2.05) is 26.0 Å². The SMILES string of the molecule is CC1(C)OCC(COc2cc(F)cc([C@H]3CCCN3c3ccn4ncc(OC(N)=O)c4n3)c2)O1. The van der Waals surface area contributed by atoms with E-state index in [9.17, 15) is 9.18 Å². The third-order valence-electron chi connectivity index (χ3n) is 5.86. The molecule has 4 heterocycles. The summed E-state index contributed by atoms with van der Waals surface area (Å²) in [7, 11) is 0. The average molecular weight is 471 g/mol. The van der Waals surface area contributed by atoms with Crippen LogP contribution in [0.3, 0.4) is 0 Å². The van der Waals surface area contributed by atoms with Crippen molar-refractivity contribution < 1.29 is 28.1 Å². The molecule has 1 aromatic carbocycles. The van der Waals surface area contributed by atoms with Crippen LogP contribution in [0.2, 0.25) is 0 Å². The summed E-state index contributed by atoms with van der Waals surface area (Å²) in [6, 6.07) is 6.47. The fourth-order valence-corrected chi connectivity index (χ4v) is 4.46. The van der Waals surface area contributed by atoms with Gasteiger partial charge in [0.15, 0.2) is 11.5 Å². The minimum atomic E-state index is -0.938. The topological polar surface area (TPSA) is 113 Å². The lowest BCUT2D eigenvalue weighted by Crippen LogP contribution is -2.25. The summed E-state index contributed by atoms with van der Waals surface area (Å²) < 4.78 is 38.2. The number of carbonyl (C=O) groups excluding carboxylic acids is 1. The summed E-state index contributed by atoms with van der Waals surface area (Å²) in [5, 5.41) is 4.12. The average Bonchev–Trinajstić information content (AvgIpc) is 3.50. The highest BCUT2D eigenvalue weighted by molar-refractivity contribution is 5.71. The molecule has 10 nitrogen and oxygen atoms in total. The molecule has 0 radical (unpaired) electrons. The minimum absolute atomic E-state index is 0.0959. The molecule has 2 N–H and O–H groups in total. The Morgan fingerprint density at radius 3 is 2.97 bits per heavy atom. The Labute approximate surface area is 195 Å². The van der Waals surface area contributed by atoms with Gasteiger partial charge in [0.05, 0.1) is 18.8 Å². The number of nitrogens with two attached hydrogens (primary N) is 1. The smallest absolute Gasteiger partial charge is 0.410 e. The van der Waals surface area contributed by atoms with Crippen molar-refractivity contribution in [3.8, 4) is 11.5 Å². The first-order valence-corrected chi connectivity index (χ1v) is 11.1. The Balaban J connectivity index is 1.37. The molecule has 0 saturated carbocycles. The highest BCUT2D eigenvalue weighted by Crippen LogP contribution is 2.37. The van der Waals surface area contributed by atoms with E-state index in [1.54, 1.807) is 6.20 Å². The van der Waals surface area contributed by atoms with Crippen LogP contribution >= 0.6 is 0 Å². The fourth-order valence-electron chi connectivity index (χ4n) is 4.46. The van der Waals surface area contributed by atoms with Crippen molar-refractivity contribution in [3.63, 3.8) is 0 Å². The monoisotopic (exact) mass is 471 g/mol. The summed E-state index contributed by atoms with van der Waals surface area (Å²) in [6.45, 7) is 5.13. The van der Waals surface area contributed by atoms with Crippen molar-refractivity contribution in [2.24, 2.45) is 5.73 Å². The van der Waals surface area contributed by atoms with E-state index in [1.165, 1.54) is 22.8 Å². The molecule has 34 heavy (non-hydrogen) atoms. The molecule has 0 spiro atoms. The highest BCUT2D eigenvalue weighted by Gasteiger charge is 2.33. The fraction of sp³-hybridized carbons (Fsp3) is 0.435. The number of hydrogen-bond donors (Lipinski definition) is 1. The molecular weight excluding hydrogens is 445 g/mol. The van der Waals surface area contributed by atoms with E-state index in [4.69, 9.17) is 24.7 Å². The largest absolute Gasteiger partial charge is 0.491 e. The van der Waals surface area contributed by atoms with E-state index in [0.29, 0.717) is 23.8 Å².